The Labute approximate surface area is 248 Å². The first kappa shape index (κ1) is 30.1. The van der Waals surface area contributed by atoms with Crippen molar-refractivity contribution in [2.75, 3.05) is 6.54 Å². The van der Waals surface area contributed by atoms with Gasteiger partial charge < -0.3 is 0 Å². The number of amides is 6. The van der Waals surface area contributed by atoms with Gasteiger partial charge in [-0.15, -0.1) is 0 Å². The summed E-state index contributed by atoms with van der Waals surface area (Å²) in [5, 5.41) is 0. The van der Waals surface area contributed by atoms with Crippen molar-refractivity contribution in [2.24, 2.45) is 23.7 Å². The van der Waals surface area contributed by atoms with E-state index in [1.165, 1.54) is 51.2 Å². The summed E-state index contributed by atoms with van der Waals surface area (Å²) in [7, 11) is 0. The summed E-state index contributed by atoms with van der Waals surface area (Å²) in [6.07, 6.45) is 19.3. The molecule has 2 saturated carbocycles. The fraction of sp³-hybridized carbons (Fsp3) is 0.636. The van der Waals surface area contributed by atoms with E-state index in [2.05, 4.69) is 6.92 Å². The zero-order chi connectivity index (χ0) is 29.8. The number of rotatable bonds is 4. The van der Waals surface area contributed by atoms with Crippen LogP contribution in [0, 0.1) is 23.7 Å². The minimum atomic E-state index is -0.269. The largest absolute Gasteiger partial charge is 0.275 e. The number of imide groups is 3. The predicted molar refractivity (Wildman–Crippen MR) is 155 cm³/mol. The van der Waals surface area contributed by atoms with Gasteiger partial charge in [0.2, 0.25) is 0 Å². The van der Waals surface area contributed by atoms with Gasteiger partial charge in [0.25, 0.3) is 35.4 Å². The van der Waals surface area contributed by atoms with E-state index < -0.39 is 0 Å². The molecule has 5 unspecified atom stereocenters. The lowest BCUT2D eigenvalue weighted by Gasteiger charge is -2.29. The summed E-state index contributed by atoms with van der Waals surface area (Å²) in [6, 6.07) is -0.350. The molecule has 0 bridgehead atoms. The zero-order valence-corrected chi connectivity index (χ0v) is 24.6. The molecule has 0 saturated heterocycles. The molecule has 9 heteroatoms. The van der Waals surface area contributed by atoms with E-state index in [0.29, 0.717) is 37.1 Å². The summed E-state index contributed by atoms with van der Waals surface area (Å²) in [6.45, 7) is 2.74. The number of carbonyl (C=O) groups excluding carboxylic acids is 6. The van der Waals surface area contributed by atoms with Gasteiger partial charge in [0.05, 0.1) is 0 Å². The van der Waals surface area contributed by atoms with Crippen molar-refractivity contribution >= 4 is 35.4 Å². The second kappa shape index (κ2) is 13.3. The minimum absolute atomic E-state index is 0.148. The molecule has 2 aliphatic carbocycles. The van der Waals surface area contributed by atoms with Crippen LogP contribution in [-0.4, -0.2) is 68.8 Å². The van der Waals surface area contributed by atoms with Crippen LogP contribution < -0.4 is 0 Å². The van der Waals surface area contributed by atoms with Crippen LogP contribution in [0.25, 0.3) is 0 Å². The van der Waals surface area contributed by atoms with Crippen LogP contribution in [0.3, 0.4) is 0 Å². The number of fused-ring (bicyclic) bond motifs is 1. The lowest BCUT2D eigenvalue weighted by Crippen LogP contribution is -2.41. The Balaban J connectivity index is 1.28. The standard InChI is InChI=1S/C33H43N3O6/c1-22-7-6-12-26(36-32(41)17-18-33(36)42)11-5-4-10-25(35-30(39)15-16-31(35)40)9-3-2-8-23(19-24-20-27(22)24)21-34-28(37)13-14-29(34)38/h13-18,22-27H,2-12,19-21H2,1H3/t22?,23?,24?,25?,26-,27?/m1/s1. The fourth-order valence-corrected chi connectivity index (χ4v) is 7.63. The van der Waals surface area contributed by atoms with Crippen molar-refractivity contribution in [2.45, 2.75) is 102 Å². The molecule has 5 rings (SSSR count). The molecule has 42 heavy (non-hydrogen) atoms. The van der Waals surface area contributed by atoms with Crippen molar-refractivity contribution in [3.05, 3.63) is 36.5 Å². The molecule has 3 aliphatic heterocycles. The number of carbonyl (C=O) groups is 6. The van der Waals surface area contributed by atoms with Crippen molar-refractivity contribution in [1.29, 1.82) is 0 Å². The third kappa shape index (κ3) is 6.98. The third-order valence-electron chi connectivity index (χ3n) is 10.0. The molecule has 6 amide bonds. The quantitative estimate of drug-likeness (QED) is 0.466. The van der Waals surface area contributed by atoms with E-state index in [1.54, 1.807) is 0 Å². The summed E-state index contributed by atoms with van der Waals surface area (Å²) in [5.74, 6) is 0.463. The molecule has 6 atom stereocenters. The molecule has 0 aromatic carbocycles. The highest BCUT2D eigenvalue weighted by molar-refractivity contribution is 6.14. The molecule has 0 spiro atoms. The van der Waals surface area contributed by atoms with Crippen molar-refractivity contribution < 1.29 is 28.8 Å². The van der Waals surface area contributed by atoms with E-state index in [0.717, 1.165) is 70.6 Å². The maximum Gasteiger partial charge on any atom is 0.253 e. The Morgan fingerprint density at radius 1 is 0.548 bits per heavy atom. The van der Waals surface area contributed by atoms with Gasteiger partial charge in [-0.25, -0.2) is 0 Å². The first-order valence-electron chi connectivity index (χ1n) is 15.9. The lowest BCUT2D eigenvalue weighted by molar-refractivity contribution is -0.141. The Kier molecular flexibility index (Phi) is 9.53. The molecule has 0 aromatic heterocycles. The van der Waals surface area contributed by atoms with E-state index in [9.17, 15) is 28.8 Å². The predicted octanol–water partition coefficient (Wildman–Crippen LogP) is 4.08. The highest BCUT2D eigenvalue weighted by Crippen LogP contribution is 2.50. The van der Waals surface area contributed by atoms with Crippen molar-refractivity contribution in [3.8, 4) is 0 Å². The van der Waals surface area contributed by atoms with Crippen LogP contribution in [0.2, 0.25) is 0 Å². The molecule has 9 nitrogen and oxygen atoms in total. The number of hydrogen-bond acceptors (Lipinski definition) is 6. The molecule has 226 valence electrons. The molecule has 5 aliphatic rings. The second-order valence-corrected chi connectivity index (χ2v) is 12.9. The third-order valence-corrected chi connectivity index (χ3v) is 10.0. The lowest BCUT2D eigenvalue weighted by atomic mass is 9.89. The van der Waals surface area contributed by atoms with Crippen LogP contribution in [0.15, 0.2) is 36.5 Å². The second-order valence-electron chi connectivity index (χ2n) is 12.9. The fourth-order valence-electron chi connectivity index (χ4n) is 7.63. The topological polar surface area (TPSA) is 112 Å². The van der Waals surface area contributed by atoms with Crippen molar-refractivity contribution in [3.63, 3.8) is 0 Å². The monoisotopic (exact) mass is 577 g/mol. The maximum atomic E-state index is 12.5. The van der Waals surface area contributed by atoms with Gasteiger partial charge in [-0.05, 0) is 68.6 Å². The van der Waals surface area contributed by atoms with Gasteiger partial charge in [-0.3, -0.25) is 43.5 Å². The van der Waals surface area contributed by atoms with E-state index in [-0.39, 0.29) is 53.4 Å². The van der Waals surface area contributed by atoms with E-state index >= 15 is 0 Å². The highest BCUT2D eigenvalue weighted by atomic mass is 16.2. The van der Waals surface area contributed by atoms with Gasteiger partial charge in [-0.1, -0.05) is 45.4 Å². The smallest absolute Gasteiger partial charge is 0.253 e. The normalized spacial score (nSPS) is 33.5. The zero-order valence-electron chi connectivity index (χ0n) is 24.6. The SMILES string of the molecule is CC1CCC[C@H](N2C(=O)C=CC2=O)CCCCC(N2C(=O)C=CC2=O)CCCCC(CN2C(=O)C=CC2=O)CC2CC12. The molecular formula is C33H43N3O6. The Morgan fingerprint density at radius 3 is 1.48 bits per heavy atom. The molecule has 3 heterocycles. The average molecular weight is 578 g/mol. The van der Waals surface area contributed by atoms with Gasteiger partial charge in [0.15, 0.2) is 0 Å². The Bertz CT molecular complexity index is 1150. The van der Waals surface area contributed by atoms with Gasteiger partial charge in [-0.2, -0.15) is 0 Å². The van der Waals surface area contributed by atoms with Crippen LogP contribution in [0.1, 0.15) is 90.4 Å². The minimum Gasteiger partial charge on any atom is -0.275 e. The molecular weight excluding hydrogens is 534 g/mol. The van der Waals surface area contributed by atoms with E-state index in [4.69, 9.17) is 0 Å². The number of hydrogen-bond donors (Lipinski definition) is 0. The molecule has 0 N–H and O–H groups in total. The Hall–Kier alpha value is -3.36. The maximum absolute atomic E-state index is 12.5. The highest BCUT2D eigenvalue weighted by Gasteiger charge is 2.42. The first-order valence-corrected chi connectivity index (χ1v) is 15.9. The summed E-state index contributed by atoms with van der Waals surface area (Å²) in [4.78, 5) is 78.9. The molecule has 2 fully saturated rings. The van der Waals surface area contributed by atoms with Crippen LogP contribution in [0.4, 0.5) is 0 Å². The average Bonchev–Trinajstić information content (AvgIpc) is 3.40. The molecule has 0 radical (unpaired) electrons. The van der Waals surface area contributed by atoms with Gasteiger partial charge in [0.1, 0.15) is 0 Å². The van der Waals surface area contributed by atoms with Crippen LogP contribution in [-0.2, 0) is 28.8 Å². The summed E-state index contributed by atoms with van der Waals surface area (Å²) < 4.78 is 0. The summed E-state index contributed by atoms with van der Waals surface area (Å²) >= 11 is 0. The van der Waals surface area contributed by atoms with E-state index in [1.807, 2.05) is 0 Å². The van der Waals surface area contributed by atoms with Gasteiger partial charge >= 0.3 is 0 Å². The molecule has 0 aromatic rings. The van der Waals surface area contributed by atoms with Gasteiger partial charge in [0, 0.05) is 55.1 Å². The van der Waals surface area contributed by atoms with Crippen LogP contribution >= 0.6 is 0 Å². The van der Waals surface area contributed by atoms with Crippen LogP contribution in [0.5, 0.6) is 0 Å². The first-order chi connectivity index (χ1) is 20.2. The van der Waals surface area contributed by atoms with Crippen molar-refractivity contribution in [1.82, 2.24) is 14.7 Å². The summed E-state index contributed by atoms with van der Waals surface area (Å²) in [5.41, 5.74) is 0. The Morgan fingerprint density at radius 2 is 0.976 bits per heavy atom. The number of nitrogens with zero attached hydrogens (tertiary/aromatic N) is 3.